The monoisotopic (exact) mass is 478 g/mol. The number of nitrogens with zero attached hydrogens (tertiary/aromatic N) is 2. The summed E-state index contributed by atoms with van der Waals surface area (Å²) < 4.78 is 0. The minimum absolute atomic E-state index is 0.116. The molecule has 0 bridgehead atoms. The van der Waals surface area contributed by atoms with Crippen LogP contribution in [-0.2, 0) is 10.5 Å². The van der Waals surface area contributed by atoms with Crippen molar-refractivity contribution < 1.29 is 19.6 Å². The van der Waals surface area contributed by atoms with Crippen LogP contribution in [0.4, 0.5) is 5.69 Å². The predicted molar refractivity (Wildman–Crippen MR) is 131 cm³/mol. The molecule has 174 valence electrons. The number of phenolic OH excluding ortho intramolecular Hbond substituents is 1. The van der Waals surface area contributed by atoms with Crippen molar-refractivity contribution in [3.8, 4) is 5.75 Å². The number of benzene rings is 3. The number of rotatable bonds is 10. The molecule has 0 saturated carbocycles. The molecule has 0 aromatic heterocycles. The number of nitro benzene ring substituents is 1. The minimum atomic E-state index is -0.895. The van der Waals surface area contributed by atoms with Crippen LogP contribution in [0.1, 0.15) is 21.5 Å². The predicted octanol–water partition coefficient (Wildman–Crippen LogP) is 3.48. The zero-order chi connectivity index (χ0) is 24.3. The van der Waals surface area contributed by atoms with E-state index in [0.717, 1.165) is 5.56 Å². The highest BCUT2D eigenvalue weighted by molar-refractivity contribution is 7.98. The van der Waals surface area contributed by atoms with Crippen LogP contribution >= 0.6 is 11.8 Å². The summed E-state index contributed by atoms with van der Waals surface area (Å²) in [6, 6.07) is 20.2. The third-order valence-corrected chi connectivity index (χ3v) is 5.75. The average Bonchev–Trinajstić information content (AvgIpc) is 2.85. The molecule has 0 heterocycles. The molecule has 0 radical (unpaired) electrons. The van der Waals surface area contributed by atoms with Gasteiger partial charge >= 0.3 is 0 Å². The zero-order valence-electron chi connectivity index (χ0n) is 18.0. The van der Waals surface area contributed by atoms with Crippen LogP contribution < -0.4 is 10.7 Å². The second kappa shape index (κ2) is 12.2. The number of carbonyl (C=O) groups is 2. The first kappa shape index (κ1) is 24.5. The smallest absolute Gasteiger partial charge is 0.269 e. The van der Waals surface area contributed by atoms with Crippen LogP contribution in [0.5, 0.6) is 5.75 Å². The van der Waals surface area contributed by atoms with E-state index in [0.29, 0.717) is 11.3 Å². The number of thioether (sulfide) groups is 1. The number of aromatic hydroxyl groups is 1. The number of hydrogen-bond acceptors (Lipinski definition) is 7. The summed E-state index contributed by atoms with van der Waals surface area (Å²) in [5, 5.41) is 26.8. The molecular formula is C24H22N4O5S. The number of nitrogens with one attached hydrogen (secondary N) is 2. The molecule has 10 heteroatoms. The van der Waals surface area contributed by atoms with Gasteiger partial charge in [-0.1, -0.05) is 30.3 Å². The van der Waals surface area contributed by atoms with E-state index >= 15 is 0 Å². The minimum Gasteiger partial charge on any atom is -0.508 e. The lowest BCUT2D eigenvalue weighted by Crippen LogP contribution is -2.47. The molecule has 0 spiro atoms. The lowest BCUT2D eigenvalue weighted by atomic mass is 10.2. The first-order valence-corrected chi connectivity index (χ1v) is 11.4. The summed E-state index contributed by atoms with van der Waals surface area (Å²) in [4.78, 5) is 35.7. The summed E-state index contributed by atoms with van der Waals surface area (Å²) in [7, 11) is 0. The van der Waals surface area contributed by atoms with E-state index in [9.17, 15) is 24.8 Å². The van der Waals surface area contributed by atoms with Gasteiger partial charge in [0.25, 0.3) is 17.5 Å². The van der Waals surface area contributed by atoms with Crippen molar-refractivity contribution in [1.29, 1.82) is 0 Å². The van der Waals surface area contributed by atoms with Gasteiger partial charge < -0.3 is 10.4 Å². The highest BCUT2D eigenvalue weighted by Gasteiger charge is 2.22. The third-order valence-electron chi connectivity index (χ3n) is 4.64. The summed E-state index contributed by atoms with van der Waals surface area (Å²) >= 11 is 1.47. The molecule has 3 rings (SSSR count). The summed E-state index contributed by atoms with van der Waals surface area (Å²) in [5.74, 6) is 0.0116. The fourth-order valence-corrected chi connectivity index (χ4v) is 3.85. The van der Waals surface area contributed by atoms with E-state index < -0.39 is 22.8 Å². The van der Waals surface area contributed by atoms with Gasteiger partial charge in [-0.15, -0.1) is 0 Å². The number of carbonyl (C=O) groups excluding carboxylic acids is 2. The van der Waals surface area contributed by atoms with Gasteiger partial charge in [0, 0.05) is 29.2 Å². The van der Waals surface area contributed by atoms with Crippen LogP contribution in [0, 0.1) is 10.1 Å². The lowest BCUT2D eigenvalue weighted by Gasteiger charge is -2.17. The maximum atomic E-state index is 12.8. The second-order valence-corrected chi connectivity index (χ2v) is 8.19. The number of amides is 2. The van der Waals surface area contributed by atoms with Gasteiger partial charge in [0.1, 0.15) is 11.8 Å². The first-order valence-electron chi connectivity index (χ1n) is 10.2. The molecule has 0 fully saturated rings. The van der Waals surface area contributed by atoms with Crippen molar-refractivity contribution in [2.24, 2.45) is 5.10 Å². The van der Waals surface area contributed by atoms with E-state index in [1.807, 2.05) is 30.3 Å². The largest absolute Gasteiger partial charge is 0.508 e. The fourth-order valence-electron chi connectivity index (χ4n) is 2.84. The third kappa shape index (κ3) is 7.45. The summed E-state index contributed by atoms with van der Waals surface area (Å²) in [6.45, 7) is 0. The summed E-state index contributed by atoms with van der Waals surface area (Å²) in [5.41, 5.74) is 4.24. The number of nitro groups is 1. The van der Waals surface area contributed by atoms with Crippen molar-refractivity contribution in [1.82, 2.24) is 10.7 Å². The molecule has 0 aliphatic carbocycles. The Morgan fingerprint density at radius 1 is 1.03 bits per heavy atom. The molecule has 0 unspecified atom stereocenters. The van der Waals surface area contributed by atoms with Crippen LogP contribution in [0.25, 0.3) is 0 Å². The van der Waals surface area contributed by atoms with Gasteiger partial charge in [0.15, 0.2) is 0 Å². The Morgan fingerprint density at radius 3 is 2.35 bits per heavy atom. The molecule has 34 heavy (non-hydrogen) atoms. The van der Waals surface area contributed by atoms with Crippen LogP contribution in [0.15, 0.2) is 84.0 Å². The first-order chi connectivity index (χ1) is 16.4. The molecule has 3 aromatic rings. The highest BCUT2D eigenvalue weighted by atomic mass is 32.2. The molecule has 1 atom stereocenters. The Balaban J connectivity index is 1.65. The van der Waals surface area contributed by atoms with Crippen molar-refractivity contribution >= 4 is 35.5 Å². The number of phenols is 1. The van der Waals surface area contributed by atoms with Crippen LogP contribution in [0.2, 0.25) is 0 Å². The number of hydrazone groups is 1. The molecule has 0 saturated heterocycles. The van der Waals surface area contributed by atoms with Gasteiger partial charge in [-0.2, -0.15) is 16.9 Å². The topological polar surface area (TPSA) is 134 Å². The number of hydrogen-bond donors (Lipinski definition) is 3. The van der Waals surface area contributed by atoms with Gasteiger partial charge in [0.2, 0.25) is 0 Å². The van der Waals surface area contributed by atoms with Crippen molar-refractivity contribution in [3.05, 3.63) is 106 Å². The Hall–Kier alpha value is -4.18. The Kier molecular flexibility index (Phi) is 8.75. The van der Waals surface area contributed by atoms with Gasteiger partial charge in [-0.05, 0) is 47.5 Å². The van der Waals surface area contributed by atoms with E-state index in [1.165, 1.54) is 54.4 Å². The normalized spacial score (nSPS) is 11.6. The lowest BCUT2D eigenvalue weighted by molar-refractivity contribution is -0.384. The average molecular weight is 479 g/mol. The Labute approximate surface area is 200 Å². The molecule has 0 aliphatic heterocycles. The van der Waals surface area contributed by atoms with Crippen molar-refractivity contribution in [2.45, 2.75) is 11.8 Å². The molecule has 3 aromatic carbocycles. The Bertz CT molecular complexity index is 1150. The van der Waals surface area contributed by atoms with Crippen LogP contribution in [-0.4, -0.2) is 39.9 Å². The second-order valence-electron chi connectivity index (χ2n) is 7.16. The quantitative estimate of drug-likeness (QED) is 0.232. The molecular weight excluding hydrogens is 456 g/mol. The standard InChI is InChI=1S/C24H22N4O5S/c29-21-12-6-17(7-13-21)14-25-27-24(31)22(16-34-15-18-4-2-1-3-5-18)26-23(30)19-8-10-20(11-9-19)28(32)33/h1-14,22,29H,15-16H2,(H,26,30)(H,27,31)/b25-14-/t22-/m1/s1. The van der Waals surface area contributed by atoms with Gasteiger partial charge in [0.05, 0.1) is 11.1 Å². The molecule has 0 aliphatic rings. The highest BCUT2D eigenvalue weighted by Crippen LogP contribution is 2.15. The summed E-state index contributed by atoms with van der Waals surface area (Å²) in [6.07, 6.45) is 1.42. The van der Waals surface area contributed by atoms with Crippen molar-refractivity contribution in [3.63, 3.8) is 0 Å². The maximum Gasteiger partial charge on any atom is 0.269 e. The number of non-ortho nitro benzene ring substituents is 1. The van der Waals surface area contributed by atoms with E-state index in [4.69, 9.17) is 0 Å². The van der Waals surface area contributed by atoms with E-state index in [-0.39, 0.29) is 22.8 Å². The fraction of sp³-hybridized carbons (Fsp3) is 0.125. The van der Waals surface area contributed by atoms with Crippen LogP contribution in [0.3, 0.4) is 0 Å². The molecule has 9 nitrogen and oxygen atoms in total. The zero-order valence-corrected chi connectivity index (χ0v) is 18.8. The van der Waals surface area contributed by atoms with E-state index in [2.05, 4.69) is 15.8 Å². The maximum absolute atomic E-state index is 12.8. The SMILES string of the molecule is O=C(N[C@H](CSCc1ccccc1)C(=O)N/N=C\c1ccc(O)cc1)c1ccc([N+](=O)[O-])cc1. The van der Waals surface area contributed by atoms with E-state index in [1.54, 1.807) is 12.1 Å². The van der Waals surface area contributed by atoms with Gasteiger partial charge in [-0.3, -0.25) is 19.7 Å². The Morgan fingerprint density at radius 2 is 1.71 bits per heavy atom. The van der Waals surface area contributed by atoms with Gasteiger partial charge in [-0.25, -0.2) is 5.43 Å². The van der Waals surface area contributed by atoms with Crippen molar-refractivity contribution in [2.75, 3.05) is 5.75 Å². The molecule has 3 N–H and O–H groups in total. The molecule has 2 amide bonds.